The lowest BCUT2D eigenvalue weighted by atomic mass is 10.1. The van der Waals surface area contributed by atoms with Gasteiger partial charge in [-0.1, -0.05) is 12.1 Å². The summed E-state index contributed by atoms with van der Waals surface area (Å²) in [6.45, 7) is 8.10. The molecule has 0 atom stereocenters. The lowest BCUT2D eigenvalue weighted by Gasteiger charge is -2.19. The molecular weight excluding hydrogens is 392 g/mol. The highest BCUT2D eigenvalue weighted by Crippen LogP contribution is 2.21. The van der Waals surface area contributed by atoms with Gasteiger partial charge in [0, 0.05) is 6.54 Å². The first kappa shape index (κ1) is 23.8. The van der Waals surface area contributed by atoms with E-state index in [0.29, 0.717) is 50.7 Å². The van der Waals surface area contributed by atoms with Crippen LogP contribution in [0.15, 0.2) is 24.3 Å². The van der Waals surface area contributed by atoms with Gasteiger partial charge >= 0.3 is 6.09 Å². The maximum Gasteiger partial charge on any atom is 0.407 e. The van der Waals surface area contributed by atoms with Crippen molar-refractivity contribution in [2.45, 2.75) is 26.4 Å². The van der Waals surface area contributed by atoms with Crippen LogP contribution in [0.5, 0.6) is 0 Å². The van der Waals surface area contributed by atoms with E-state index in [1.165, 1.54) is 4.90 Å². The molecule has 30 heavy (non-hydrogen) atoms. The Balaban J connectivity index is 1.42. The largest absolute Gasteiger partial charge is 0.444 e. The van der Waals surface area contributed by atoms with E-state index in [9.17, 15) is 14.4 Å². The van der Waals surface area contributed by atoms with Gasteiger partial charge in [0.25, 0.3) is 11.8 Å². The second kappa shape index (κ2) is 11.6. The summed E-state index contributed by atoms with van der Waals surface area (Å²) in [5.41, 5.74) is 0.352. The first-order valence-corrected chi connectivity index (χ1v) is 9.95. The molecule has 0 unspecified atom stereocenters. The van der Waals surface area contributed by atoms with Crippen molar-refractivity contribution < 1.29 is 33.3 Å². The molecule has 2 rings (SSSR count). The Bertz CT molecular complexity index is 695. The number of fused-ring (bicyclic) bond motifs is 1. The minimum Gasteiger partial charge on any atom is -0.444 e. The van der Waals surface area contributed by atoms with Gasteiger partial charge in [-0.05, 0) is 32.9 Å². The van der Waals surface area contributed by atoms with Crippen molar-refractivity contribution in [3.8, 4) is 0 Å². The fourth-order valence-corrected chi connectivity index (χ4v) is 2.68. The number of amides is 3. The molecule has 3 amide bonds. The average molecular weight is 422 g/mol. The molecule has 1 aromatic rings. The van der Waals surface area contributed by atoms with Crippen LogP contribution in [0.4, 0.5) is 4.79 Å². The molecule has 1 aromatic carbocycles. The SMILES string of the molecule is CC(C)(C)OC(=O)NCCOCCOCCOCCN1C(=O)c2ccccc2C1=O. The zero-order valence-corrected chi connectivity index (χ0v) is 17.8. The van der Waals surface area contributed by atoms with Crippen LogP contribution in [0, 0.1) is 0 Å². The van der Waals surface area contributed by atoms with Gasteiger partial charge in [0.05, 0.1) is 57.3 Å². The summed E-state index contributed by atoms with van der Waals surface area (Å²) in [6, 6.07) is 6.78. The van der Waals surface area contributed by atoms with Crippen LogP contribution >= 0.6 is 0 Å². The quantitative estimate of drug-likeness (QED) is 0.405. The molecule has 0 saturated carbocycles. The van der Waals surface area contributed by atoms with Crippen molar-refractivity contribution in [2.24, 2.45) is 0 Å². The lowest BCUT2D eigenvalue weighted by molar-refractivity contribution is 0.0109. The number of nitrogens with zero attached hydrogens (tertiary/aromatic N) is 1. The van der Waals surface area contributed by atoms with Crippen LogP contribution in [0.1, 0.15) is 41.5 Å². The number of carbonyl (C=O) groups is 3. The van der Waals surface area contributed by atoms with Gasteiger partial charge in [0.1, 0.15) is 5.60 Å². The monoisotopic (exact) mass is 422 g/mol. The maximum atomic E-state index is 12.2. The number of carbonyl (C=O) groups excluding carboxylic acids is 3. The van der Waals surface area contributed by atoms with E-state index in [2.05, 4.69) is 5.32 Å². The lowest BCUT2D eigenvalue weighted by Crippen LogP contribution is -2.34. The third-order valence-electron chi connectivity index (χ3n) is 4.00. The molecule has 0 spiro atoms. The summed E-state index contributed by atoms with van der Waals surface area (Å²) >= 11 is 0. The molecule has 1 N–H and O–H groups in total. The van der Waals surface area contributed by atoms with Gasteiger partial charge in [0.15, 0.2) is 0 Å². The zero-order chi connectivity index (χ0) is 22.0. The van der Waals surface area contributed by atoms with Gasteiger partial charge < -0.3 is 24.3 Å². The normalized spacial score (nSPS) is 13.5. The molecule has 0 aromatic heterocycles. The maximum absolute atomic E-state index is 12.2. The Morgan fingerprint density at radius 3 is 1.90 bits per heavy atom. The predicted octanol–water partition coefficient (Wildman–Crippen LogP) is 1.86. The van der Waals surface area contributed by atoms with Crippen molar-refractivity contribution in [3.63, 3.8) is 0 Å². The van der Waals surface area contributed by atoms with Crippen molar-refractivity contribution in [2.75, 3.05) is 52.7 Å². The molecule has 0 aliphatic carbocycles. The summed E-state index contributed by atoms with van der Waals surface area (Å²) in [6.07, 6.45) is -0.472. The Hall–Kier alpha value is -2.49. The van der Waals surface area contributed by atoms with E-state index in [4.69, 9.17) is 18.9 Å². The highest BCUT2D eigenvalue weighted by Gasteiger charge is 2.34. The van der Waals surface area contributed by atoms with Gasteiger partial charge in [-0.15, -0.1) is 0 Å². The fourth-order valence-electron chi connectivity index (χ4n) is 2.68. The van der Waals surface area contributed by atoms with Gasteiger partial charge in [-0.2, -0.15) is 0 Å². The van der Waals surface area contributed by atoms with E-state index in [-0.39, 0.29) is 25.0 Å². The van der Waals surface area contributed by atoms with Gasteiger partial charge in [-0.3, -0.25) is 14.5 Å². The van der Waals surface area contributed by atoms with E-state index in [1.54, 1.807) is 45.0 Å². The molecule has 0 radical (unpaired) electrons. The highest BCUT2D eigenvalue weighted by molar-refractivity contribution is 6.21. The fraction of sp³-hybridized carbons (Fsp3) is 0.571. The van der Waals surface area contributed by atoms with Crippen LogP contribution in [0.25, 0.3) is 0 Å². The van der Waals surface area contributed by atoms with E-state index < -0.39 is 11.7 Å². The Labute approximate surface area is 176 Å². The van der Waals surface area contributed by atoms with Gasteiger partial charge in [0.2, 0.25) is 0 Å². The van der Waals surface area contributed by atoms with Crippen LogP contribution < -0.4 is 5.32 Å². The number of benzene rings is 1. The van der Waals surface area contributed by atoms with E-state index >= 15 is 0 Å². The molecule has 9 heteroatoms. The standard InChI is InChI=1S/C21H30N2O7/c1-21(2,3)30-20(26)22-8-10-27-12-14-29-15-13-28-11-9-23-18(24)16-6-4-5-7-17(16)19(23)25/h4-7H,8-15H2,1-3H3,(H,22,26). The minimum absolute atomic E-state index is 0.208. The smallest absolute Gasteiger partial charge is 0.407 e. The summed E-state index contributed by atoms with van der Waals surface area (Å²) in [7, 11) is 0. The van der Waals surface area contributed by atoms with Crippen LogP contribution in [-0.2, 0) is 18.9 Å². The average Bonchev–Trinajstić information content (AvgIpc) is 2.92. The Morgan fingerprint density at radius 2 is 1.37 bits per heavy atom. The van der Waals surface area contributed by atoms with Crippen LogP contribution in [0.2, 0.25) is 0 Å². The highest BCUT2D eigenvalue weighted by atomic mass is 16.6. The number of hydrogen-bond donors (Lipinski definition) is 1. The molecule has 9 nitrogen and oxygen atoms in total. The summed E-state index contributed by atoms with van der Waals surface area (Å²) in [5.74, 6) is -0.567. The van der Waals surface area contributed by atoms with Crippen LogP contribution in [-0.4, -0.2) is 81.1 Å². The third-order valence-corrected chi connectivity index (χ3v) is 4.00. The van der Waals surface area contributed by atoms with Crippen molar-refractivity contribution in [3.05, 3.63) is 35.4 Å². The summed E-state index contributed by atoms with van der Waals surface area (Å²) in [5, 5.41) is 2.60. The van der Waals surface area contributed by atoms with E-state index in [0.717, 1.165) is 0 Å². The molecule has 1 heterocycles. The topological polar surface area (TPSA) is 103 Å². The predicted molar refractivity (Wildman–Crippen MR) is 109 cm³/mol. The first-order valence-electron chi connectivity index (χ1n) is 9.95. The third kappa shape index (κ3) is 7.74. The summed E-state index contributed by atoms with van der Waals surface area (Å²) < 4.78 is 21.3. The second-order valence-corrected chi connectivity index (χ2v) is 7.57. The van der Waals surface area contributed by atoms with Crippen molar-refractivity contribution >= 4 is 17.9 Å². The minimum atomic E-state index is -0.522. The zero-order valence-electron chi connectivity index (χ0n) is 17.8. The Morgan fingerprint density at radius 1 is 0.867 bits per heavy atom. The number of nitrogens with one attached hydrogen (secondary N) is 1. The molecule has 0 saturated heterocycles. The number of alkyl carbamates (subject to hydrolysis) is 1. The van der Waals surface area contributed by atoms with Crippen molar-refractivity contribution in [1.29, 1.82) is 0 Å². The number of ether oxygens (including phenoxy) is 4. The molecular formula is C21H30N2O7. The molecule has 166 valence electrons. The van der Waals surface area contributed by atoms with Gasteiger partial charge in [-0.25, -0.2) is 4.79 Å². The number of imide groups is 1. The van der Waals surface area contributed by atoms with Crippen LogP contribution in [0.3, 0.4) is 0 Å². The molecule has 0 bridgehead atoms. The first-order chi connectivity index (χ1) is 14.3. The number of rotatable bonds is 12. The molecule has 1 aliphatic heterocycles. The summed E-state index contributed by atoms with van der Waals surface area (Å²) in [4.78, 5) is 37.0. The Kier molecular flexibility index (Phi) is 9.22. The second-order valence-electron chi connectivity index (χ2n) is 7.57. The number of hydrogen-bond acceptors (Lipinski definition) is 7. The van der Waals surface area contributed by atoms with Crippen molar-refractivity contribution in [1.82, 2.24) is 10.2 Å². The molecule has 0 fully saturated rings. The van der Waals surface area contributed by atoms with E-state index in [1.807, 2.05) is 0 Å². The molecule has 1 aliphatic rings.